The highest BCUT2D eigenvalue weighted by Gasteiger charge is 2.25. The Balaban J connectivity index is 1.24. The molecule has 0 spiro atoms. The maximum absolute atomic E-state index is 12.4. The van der Waals surface area contributed by atoms with Crippen LogP contribution in [0.15, 0.2) is 59.8 Å². The molecule has 0 unspecified atom stereocenters. The first-order valence-electron chi connectivity index (χ1n) is 11.0. The summed E-state index contributed by atoms with van der Waals surface area (Å²) < 4.78 is 5.40. The number of nitrogens with zero attached hydrogens (tertiary/aromatic N) is 3. The van der Waals surface area contributed by atoms with Crippen LogP contribution in [0.3, 0.4) is 0 Å². The summed E-state index contributed by atoms with van der Waals surface area (Å²) in [5.41, 5.74) is 8.74. The minimum absolute atomic E-state index is 0.0248. The van der Waals surface area contributed by atoms with Crippen molar-refractivity contribution in [2.75, 3.05) is 18.1 Å². The normalized spacial score (nSPS) is 12.5. The van der Waals surface area contributed by atoms with Gasteiger partial charge < -0.3 is 9.64 Å². The Morgan fingerprint density at radius 2 is 1.74 bits per heavy atom. The number of aromatic nitrogens is 2. The third-order valence-electron chi connectivity index (χ3n) is 5.23. The summed E-state index contributed by atoms with van der Waals surface area (Å²) >= 11 is 1.53. The van der Waals surface area contributed by atoms with Crippen molar-refractivity contribution in [2.45, 2.75) is 31.2 Å². The van der Waals surface area contributed by atoms with Gasteiger partial charge in [-0.25, -0.2) is 9.97 Å². The number of fused-ring (bicyclic) bond motifs is 1. The predicted octanol–water partition coefficient (Wildman–Crippen LogP) is 2.96. The van der Waals surface area contributed by atoms with Gasteiger partial charge in [-0.05, 0) is 49.7 Å². The van der Waals surface area contributed by atoms with Crippen LogP contribution in [0.25, 0.3) is 0 Å². The zero-order chi connectivity index (χ0) is 24.8. The van der Waals surface area contributed by atoms with Crippen LogP contribution in [0.5, 0.6) is 5.75 Å². The van der Waals surface area contributed by atoms with Gasteiger partial charge in [0.15, 0.2) is 11.8 Å². The summed E-state index contributed by atoms with van der Waals surface area (Å²) in [4.78, 5) is 47.2. The van der Waals surface area contributed by atoms with Gasteiger partial charge in [0.1, 0.15) is 5.75 Å². The minimum atomic E-state index is -0.428. The van der Waals surface area contributed by atoms with E-state index in [9.17, 15) is 14.4 Å². The molecule has 9 nitrogen and oxygen atoms in total. The van der Waals surface area contributed by atoms with Crippen LogP contribution >= 0.6 is 11.8 Å². The summed E-state index contributed by atoms with van der Waals surface area (Å²) in [6.07, 6.45) is 0.0248. The van der Waals surface area contributed by atoms with Crippen LogP contribution in [0.2, 0.25) is 0 Å². The maximum atomic E-state index is 12.4. The molecule has 2 heterocycles. The standard InChI is InChI=1S/C25H25N5O4S/c1-16-13-17(2)27-25(26-16)35-15-18-7-9-19(10-8-18)24(33)29-28-22(31)11-12-30-20-5-3-4-6-21(20)34-14-23(30)32/h3-10,13H,11-12,14-15H2,1-2H3,(H,28,31)(H,29,33). The summed E-state index contributed by atoms with van der Waals surface area (Å²) in [6, 6.07) is 16.2. The first-order valence-corrected chi connectivity index (χ1v) is 12.0. The predicted molar refractivity (Wildman–Crippen MR) is 132 cm³/mol. The van der Waals surface area contributed by atoms with E-state index in [1.165, 1.54) is 16.7 Å². The molecule has 0 saturated carbocycles. The van der Waals surface area contributed by atoms with Crippen molar-refractivity contribution in [2.24, 2.45) is 0 Å². The van der Waals surface area contributed by atoms with Crippen LogP contribution in [-0.2, 0) is 15.3 Å². The number of anilines is 1. The molecule has 0 fully saturated rings. The lowest BCUT2D eigenvalue weighted by molar-refractivity contribution is -0.122. The van der Waals surface area contributed by atoms with Crippen LogP contribution in [0.4, 0.5) is 5.69 Å². The molecular weight excluding hydrogens is 466 g/mol. The molecule has 2 N–H and O–H groups in total. The van der Waals surface area contributed by atoms with Crippen LogP contribution in [0.1, 0.15) is 33.7 Å². The number of carbonyl (C=O) groups is 3. The fraction of sp³-hybridized carbons (Fsp3) is 0.240. The third kappa shape index (κ3) is 6.36. The number of amides is 3. The summed E-state index contributed by atoms with van der Waals surface area (Å²) in [5.74, 6) is 0.219. The van der Waals surface area contributed by atoms with Crippen molar-refractivity contribution in [1.29, 1.82) is 0 Å². The summed E-state index contributed by atoms with van der Waals surface area (Å²) in [7, 11) is 0. The quantitative estimate of drug-likeness (QED) is 0.297. The monoisotopic (exact) mass is 491 g/mol. The first kappa shape index (κ1) is 24.2. The van der Waals surface area contributed by atoms with Gasteiger partial charge in [-0.2, -0.15) is 0 Å². The topological polar surface area (TPSA) is 114 Å². The zero-order valence-electron chi connectivity index (χ0n) is 19.4. The fourth-order valence-corrected chi connectivity index (χ4v) is 4.44. The minimum Gasteiger partial charge on any atom is -0.482 e. The van der Waals surface area contributed by atoms with Crippen molar-refractivity contribution in [3.05, 3.63) is 77.1 Å². The van der Waals surface area contributed by atoms with Gasteiger partial charge in [-0.3, -0.25) is 25.2 Å². The third-order valence-corrected chi connectivity index (χ3v) is 6.15. The molecule has 0 radical (unpaired) electrons. The Bertz CT molecular complexity index is 1230. The van der Waals surface area contributed by atoms with Crippen molar-refractivity contribution in [3.63, 3.8) is 0 Å². The number of thioether (sulfide) groups is 1. The molecule has 0 aliphatic carbocycles. The number of para-hydroxylation sites is 2. The lowest BCUT2D eigenvalue weighted by Gasteiger charge is -2.29. The van der Waals surface area contributed by atoms with E-state index in [-0.39, 0.29) is 25.5 Å². The molecule has 3 aromatic rings. The Morgan fingerprint density at radius 3 is 2.49 bits per heavy atom. The smallest absolute Gasteiger partial charge is 0.269 e. The van der Waals surface area contributed by atoms with Crippen molar-refractivity contribution in [1.82, 2.24) is 20.8 Å². The van der Waals surface area contributed by atoms with E-state index in [0.29, 0.717) is 27.9 Å². The Morgan fingerprint density at radius 1 is 1.03 bits per heavy atom. The Hall–Kier alpha value is -3.92. The first-order chi connectivity index (χ1) is 16.9. The van der Waals surface area contributed by atoms with Crippen molar-refractivity contribution < 1.29 is 19.1 Å². The molecule has 4 rings (SSSR count). The average molecular weight is 492 g/mol. The van der Waals surface area contributed by atoms with Gasteiger partial charge in [0.2, 0.25) is 5.91 Å². The van der Waals surface area contributed by atoms with E-state index in [1.54, 1.807) is 30.3 Å². The average Bonchev–Trinajstić information content (AvgIpc) is 2.85. The summed E-state index contributed by atoms with van der Waals surface area (Å²) in [6.45, 7) is 3.98. The molecule has 180 valence electrons. The van der Waals surface area contributed by atoms with E-state index in [0.717, 1.165) is 17.0 Å². The molecule has 1 aliphatic rings. The SMILES string of the molecule is Cc1cc(C)nc(SCc2ccc(C(=O)NNC(=O)CCN3C(=O)COc4ccccc43)cc2)n1. The second-order valence-corrected chi connectivity index (χ2v) is 8.92. The second kappa shape index (κ2) is 11.0. The lowest BCUT2D eigenvalue weighted by atomic mass is 10.1. The molecule has 2 aromatic carbocycles. The number of hydrogen-bond acceptors (Lipinski definition) is 7. The van der Waals surface area contributed by atoms with Gasteiger partial charge in [0, 0.05) is 35.7 Å². The van der Waals surface area contributed by atoms with Crippen molar-refractivity contribution in [3.8, 4) is 5.75 Å². The zero-order valence-corrected chi connectivity index (χ0v) is 20.2. The second-order valence-electron chi connectivity index (χ2n) is 7.97. The van der Waals surface area contributed by atoms with Crippen LogP contribution < -0.4 is 20.5 Å². The number of ether oxygens (including phenoxy) is 1. The molecule has 1 aromatic heterocycles. The molecule has 0 bridgehead atoms. The Labute approximate surface area is 207 Å². The number of rotatable bonds is 7. The highest BCUT2D eigenvalue weighted by Crippen LogP contribution is 2.31. The molecule has 35 heavy (non-hydrogen) atoms. The maximum Gasteiger partial charge on any atom is 0.269 e. The van der Waals surface area contributed by atoms with Gasteiger partial charge >= 0.3 is 0 Å². The summed E-state index contributed by atoms with van der Waals surface area (Å²) in [5, 5.41) is 0.717. The van der Waals surface area contributed by atoms with E-state index in [1.807, 2.05) is 38.1 Å². The number of benzene rings is 2. The van der Waals surface area contributed by atoms with E-state index in [4.69, 9.17) is 4.74 Å². The number of carbonyl (C=O) groups excluding carboxylic acids is 3. The van der Waals surface area contributed by atoms with E-state index < -0.39 is 11.8 Å². The van der Waals surface area contributed by atoms with E-state index >= 15 is 0 Å². The molecule has 0 atom stereocenters. The van der Waals surface area contributed by atoms with Crippen LogP contribution in [-0.4, -0.2) is 40.8 Å². The highest BCUT2D eigenvalue weighted by atomic mass is 32.2. The molecule has 3 amide bonds. The fourth-order valence-electron chi connectivity index (χ4n) is 3.53. The molecule has 0 saturated heterocycles. The van der Waals surface area contributed by atoms with Gasteiger partial charge in [-0.15, -0.1) is 0 Å². The molecule has 10 heteroatoms. The van der Waals surface area contributed by atoms with Gasteiger partial charge in [-0.1, -0.05) is 36.0 Å². The number of aryl methyl sites for hydroxylation is 2. The highest BCUT2D eigenvalue weighted by molar-refractivity contribution is 7.98. The van der Waals surface area contributed by atoms with Crippen LogP contribution in [0, 0.1) is 13.8 Å². The lowest BCUT2D eigenvalue weighted by Crippen LogP contribution is -2.44. The molecular formula is C25H25N5O4S. The largest absolute Gasteiger partial charge is 0.482 e. The number of hydrazine groups is 1. The molecule has 1 aliphatic heterocycles. The Kier molecular flexibility index (Phi) is 7.61. The van der Waals surface area contributed by atoms with Gasteiger partial charge in [0.05, 0.1) is 5.69 Å². The number of nitrogens with one attached hydrogen (secondary N) is 2. The van der Waals surface area contributed by atoms with Crippen molar-refractivity contribution >= 4 is 35.2 Å². The number of hydrogen-bond donors (Lipinski definition) is 2. The van der Waals surface area contributed by atoms with Gasteiger partial charge in [0.25, 0.3) is 11.8 Å². The van der Waals surface area contributed by atoms with E-state index in [2.05, 4.69) is 20.8 Å².